The summed E-state index contributed by atoms with van der Waals surface area (Å²) in [6, 6.07) is 16.3. The Morgan fingerprint density at radius 2 is 1.81 bits per heavy atom. The molecule has 0 bridgehead atoms. The number of aromatic nitrogens is 4. The number of carbonyl (C=O) groups excluding carboxylic acids is 1. The third kappa shape index (κ3) is 4.30. The molecule has 26 heavy (non-hydrogen) atoms. The summed E-state index contributed by atoms with van der Waals surface area (Å²) >= 11 is 7.13. The highest BCUT2D eigenvalue weighted by atomic mass is 35.5. The van der Waals surface area contributed by atoms with E-state index in [1.54, 1.807) is 35.1 Å². The molecule has 0 saturated carbocycles. The van der Waals surface area contributed by atoms with Crippen LogP contribution in [0, 0.1) is 0 Å². The van der Waals surface area contributed by atoms with Gasteiger partial charge in [0.15, 0.2) is 0 Å². The molecule has 0 aliphatic rings. The molecule has 0 N–H and O–H groups in total. The van der Waals surface area contributed by atoms with Gasteiger partial charge in [0.25, 0.3) is 0 Å². The van der Waals surface area contributed by atoms with Crippen molar-refractivity contribution in [3.05, 3.63) is 76.3 Å². The second-order valence-electron chi connectivity index (χ2n) is 5.60. The van der Waals surface area contributed by atoms with Gasteiger partial charge >= 0.3 is 0 Å². The van der Waals surface area contributed by atoms with Crippen LogP contribution >= 0.6 is 23.4 Å². The van der Waals surface area contributed by atoms with Crippen LogP contribution in [0.1, 0.15) is 10.4 Å². The zero-order chi connectivity index (χ0) is 18.5. The Morgan fingerprint density at radius 1 is 1.12 bits per heavy atom. The van der Waals surface area contributed by atoms with Crippen LogP contribution in [0.5, 0.6) is 0 Å². The summed E-state index contributed by atoms with van der Waals surface area (Å²) in [5.41, 5.74) is 1.37. The highest BCUT2D eigenvalue weighted by Crippen LogP contribution is 2.29. The molecule has 132 valence electrons. The monoisotopic (exact) mass is 385 g/mol. The number of tetrazole rings is 1. The van der Waals surface area contributed by atoms with Crippen molar-refractivity contribution in [2.24, 2.45) is 0 Å². The van der Waals surface area contributed by atoms with E-state index in [2.05, 4.69) is 15.5 Å². The van der Waals surface area contributed by atoms with Crippen molar-refractivity contribution in [2.45, 2.75) is 5.16 Å². The number of carbonyl (C=O) groups is 1. The van der Waals surface area contributed by atoms with Gasteiger partial charge in [0.1, 0.15) is 0 Å². The molecule has 0 atom stereocenters. The van der Waals surface area contributed by atoms with Crippen LogP contribution in [-0.2, 0) is 0 Å². The maximum absolute atomic E-state index is 12.9. The second kappa shape index (κ2) is 8.16. The number of ketones is 1. The molecule has 1 heterocycles. The molecule has 3 rings (SSSR count). The lowest BCUT2D eigenvalue weighted by atomic mass is 10.1. The molecule has 0 aliphatic carbocycles. The maximum Gasteiger partial charge on any atom is 0.219 e. The normalized spacial score (nSPS) is 11.4. The van der Waals surface area contributed by atoms with E-state index in [9.17, 15) is 4.79 Å². The molecular formula is C18H16ClN5OS. The maximum atomic E-state index is 12.9. The van der Waals surface area contributed by atoms with E-state index < -0.39 is 0 Å². The Kier molecular flexibility index (Phi) is 5.70. The van der Waals surface area contributed by atoms with E-state index in [1.807, 2.05) is 49.3 Å². The zero-order valence-corrected chi connectivity index (χ0v) is 15.8. The number of hydrogen-bond acceptors (Lipinski definition) is 6. The van der Waals surface area contributed by atoms with Gasteiger partial charge in [0, 0.05) is 30.9 Å². The number of para-hydroxylation sites is 1. The summed E-state index contributed by atoms with van der Waals surface area (Å²) in [5.74, 6) is -0.122. The van der Waals surface area contributed by atoms with E-state index >= 15 is 0 Å². The summed E-state index contributed by atoms with van der Waals surface area (Å²) in [6.45, 7) is 0. The topological polar surface area (TPSA) is 63.9 Å². The average Bonchev–Trinajstić information content (AvgIpc) is 3.10. The van der Waals surface area contributed by atoms with Gasteiger partial charge in [-0.05, 0) is 58.6 Å². The molecule has 0 saturated heterocycles. The molecule has 2 aromatic carbocycles. The first-order valence-corrected chi connectivity index (χ1v) is 8.94. The molecule has 8 heteroatoms. The van der Waals surface area contributed by atoms with E-state index in [-0.39, 0.29) is 5.78 Å². The van der Waals surface area contributed by atoms with E-state index in [0.29, 0.717) is 20.6 Å². The van der Waals surface area contributed by atoms with Crippen molar-refractivity contribution in [1.82, 2.24) is 25.1 Å². The fourth-order valence-electron chi connectivity index (χ4n) is 2.18. The van der Waals surface area contributed by atoms with Crippen LogP contribution in [0.3, 0.4) is 0 Å². The third-order valence-corrected chi connectivity index (χ3v) is 4.55. The lowest BCUT2D eigenvalue weighted by Gasteiger charge is -2.11. The number of nitrogens with zero attached hydrogens (tertiary/aromatic N) is 5. The van der Waals surface area contributed by atoms with E-state index in [1.165, 1.54) is 11.8 Å². The zero-order valence-electron chi connectivity index (χ0n) is 14.2. The smallest absolute Gasteiger partial charge is 0.219 e. The third-order valence-electron chi connectivity index (χ3n) is 3.35. The Hall–Kier alpha value is -2.64. The fourth-order valence-corrected chi connectivity index (χ4v) is 3.28. The van der Waals surface area contributed by atoms with Crippen LogP contribution < -0.4 is 0 Å². The molecule has 0 amide bonds. The number of thioether (sulfide) groups is 1. The molecule has 0 aliphatic heterocycles. The second-order valence-corrected chi connectivity index (χ2v) is 7.05. The molecule has 0 spiro atoms. The highest BCUT2D eigenvalue weighted by Gasteiger charge is 2.19. The van der Waals surface area contributed by atoms with Crippen LogP contribution in [0.25, 0.3) is 5.69 Å². The van der Waals surface area contributed by atoms with Gasteiger partial charge in [-0.3, -0.25) is 4.79 Å². The van der Waals surface area contributed by atoms with E-state index in [0.717, 1.165) is 5.69 Å². The first-order valence-electron chi connectivity index (χ1n) is 7.75. The number of halogens is 1. The van der Waals surface area contributed by atoms with Gasteiger partial charge in [-0.15, -0.1) is 5.10 Å². The fraction of sp³-hybridized carbons (Fsp3) is 0.111. The lowest BCUT2D eigenvalue weighted by molar-refractivity contribution is 0.104. The summed E-state index contributed by atoms with van der Waals surface area (Å²) in [5, 5.41) is 12.9. The minimum atomic E-state index is -0.122. The van der Waals surface area contributed by atoms with E-state index in [4.69, 9.17) is 11.6 Å². The number of rotatable bonds is 6. The average molecular weight is 386 g/mol. The molecule has 3 aromatic rings. The Labute approximate surface area is 160 Å². The SMILES string of the molecule is CN(C)/C=C(\Sc1nnnn1-c1ccccc1)C(=O)c1ccc(Cl)cc1. The molecule has 0 unspecified atom stereocenters. The lowest BCUT2D eigenvalue weighted by Crippen LogP contribution is -2.09. The van der Waals surface area contributed by atoms with Crippen molar-refractivity contribution in [3.8, 4) is 5.69 Å². The molecule has 1 aromatic heterocycles. The standard InChI is InChI=1S/C18H16ClN5OS/c1-23(2)12-16(17(25)13-8-10-14(19)11-9-13)26-18-20-21-22-24(18)15-6-4-3-5-7-15/h3-12H,1-2H3/b16-12-. The van der Waals surface area contributed by atoms with Crippen molar-refractivity contribution >= 4 is 29.1 Å². The Bertz CT molecular complexity index is 922. The van der Waals surface area contributed by atoms with Crippen LogP contribution in [0.15, 0.2) is 70.9 Å². The van der Waals surface area contributed by atoms with Gasteiger partial charge in [-0.2, -0.15) is 4.68 Å². The van der Waals surface area contributed by atoms with Crippen molar-refractivity contribution in [3.63, 3.8) is 0 Å². The van der Waals surface area contributed by atoms with Crippen molar-refractivity contribution in [1.29, 1.82) is 0 Å². The predicted octanol–water partition coefficient (Wildman–Crippen LogP) is 3.69. The van der Waals surface area contributed by atoms with Gasteiger partial charge in [-0.1, -0.05) is 29.8 Å². The van der Waals surface area contributed by atoms with Gasteiger partial charge < -0.3 is 4.90 Å². The number of hydrogen-bond donors (Lipinski definition) is 0. The predicted molar refractivity (Wildman–Crippen MR) is 103 cm³/mol. The summed E-state index contributed by atoms with van der Waals surface area (Å²) < 4.78 is 1.60. The van der Waals surface area contributed by atoms with Crippen LogP contribution in [0.4, 0.5) is 0 Å². The van der Waals surface area contributed by atoms with Crippen LogP contribution in [-0.4, -0.2) is 45.0 Å². The number of allylic oxidation sites excluding steroid dienone is 1. The van der Waals surface area contributed by atoms with Crippen molar-refractivity contribution < 1.29 is 4.79 Å². The molecular weight excluding hydrogens is 370 g/mol. The van der Waals surface area contributed by atoms with Crippen LogP contribution in [0.2, 0.25) is 5.02 Å². The number of benzene rings is 2. The van der Waals surface area contributed by atoms with Gasteiger partial charge in [0.05, 0.1) is 10.6 Å². The minimum absolute atomic E-state index is 0.122. The summed E-state index contributed by atoms with van der Waals surface area (Å²) in [4.78, 5) is 15.2. The summed E-state index contributed by atoms with van der Waals surface area (Å²) in [6.07, 6.45) is 1.76. The summed E-state index contributed by atoms with van der Waals surface area (Å²) in [7, 11) is 3.71. The quantitative estimate of drug-likeness (QED) is 0.366. The molecule has 0 radical (unpaired) electrons. The number of Topliss-reactive ketones (excluding diaryl/α,β-unsaturated/α-hetero) is 1. The minimum Gasteiger partial charge on any atom is -0.382 e. The Morgan fingerprint density at radius 3 is 2.46 bits per heavy atom. The first-order chi connectivity index (χ1) is 12.5. The molecule has 0 fully saturated rings. The highest BCUT2D eigenvalue weighted by molar-refractivity contribution is 8.03. The largest absolute Gasteiger partial charge is 0.382 e. The first kappa shape index (κ1) is 18.2. The van der Waals surface area contributed by atoms with Crippen molar-refractivity contribution in [2.75, 3.05) is 14.1 Å². The Balaban J connectivity index is 1.93. The van der Waals surface area contributed by atoms with Gasteiger partial charge in [0.2, 0.25) is 10.9 Å². The molecule has 6 nitrogen and oxygen atoms in total. The van der Waals surface area contributed by atoms with Gasteiger partial charge in [-0.25, -0.2) is 0 Å².